The van der Waals surface area contributed by atoms with Crippen LogP contribution in [0.5, 0.6) is 5.75 Å². The molecule has 7 nitrogen and oxygen atoms in total. The molecule has 34 heavy (non-hydrogen) atoms. The minimum absolute atomic E-state index is 0.342. The van der Waals surface area contributed by atoms with Gasteiger partial charge >= 0.3 is 0 Å². The number of carbonyl (C=O) groups is 1. The van der Waals surface area contributed by atoms with E-state index in [0.717, 1.165) is 0 Å². The van der Waals surface area contributed by atoms with Gasteiger partial charge in [0, 0.05) is 28.2 Å². The van der Waals surface area contributed by atoms with Gasteiger partial charge in [-0.05, 0) is 66.7 Å². The number of rotatable bonds is 7. The number of methoxy groups -OCH3 is 1. The molecule has 1 heterocycles. The number of amides is 1. The summed E-state index contributed by atoms with van der Waals surface area (Å²) in [6, 6.07) is 18.6. The third-order valence-electron chi connectivity index (χ3n) is 4.87. The highest BCUT2D eigenvalue weighted by molar-refractivity contribution is 7.92. The van der Waals surface area contributed by atoms with Crippen molar-refractivity contribution in [3.8, 4) is 22.7 Å². The van der Waals surface area contributed by atoms with Crippen molar-refractivity contribution in [2.75, 3.05) is 18.2 Å². The SMILES string of the molecule is COc1ccc(-c2cn(-c3ccc(F)cc3)c(S(=O)(=O)CC(=O)Nc3cccc(Cl)c3)n2)cc1. The van der Waals surface area contributed by atoms with E-state index in [1.54, 1.807) is 42.5 Å². The Bertz CT molecular complexity index is 1440. The van der Waals surface area contributed by atoms with Gasteiger partial charge in [-0.3, -0.25) is 9.36 Å². The lowest BCUT2D eigenvalue weighted by Gasteiger charge is -2.09. The first-order valence-electron chi connectivity index (χ1n) is 10.0. The molecule has 0 saturated carbocycles. The van der Waals surface area contributed by atoms with Crippen LogP contribution in [0, 0.1) is 5.82 Å². The van der Waals surface area contributed by atoms with Crippen LogP contribution in [0.4, 0.5) is 10.1 Å². The van der Waals surface area contributed by atoms with Gasteiger partial charge in [-0.15, -0.1) is 0 Å². The minimum atomic E-state index is -4.19. The van der Waals surface area contributed by atoms with E-state index in [0.29, 0.717) is 33.4 Å². The van der Waals surface area contributed by atoms with Gasteiger partial charge in [-0.2, -0.15) is 0 Å². The van der Waals surface area contributed by atoms with Crippen molar-refractivity contribution in [2.45, 2.75) is 5.16 Å². The molecular weight excluding hydrogens is 481 g/mol. The summed E-state index contributed by atoms with van der Waals surface area (Å²) in [5, 5.41) is 2.58. The second kappa shape index (κ2) is 9.66. The van der Waals surface area contributed by atoms with Crippen LogP contribution in [0.25, 0.3) is 16.9 Å². The molecule has 0 aliphatic carbocycles. The van der Waals surface area contributed by atoms with Crippen molar-refractivity contribution in [3.05, 3.63) is 89.8 Å². The number of hydrogen-bond acceptors (Lipinski definition) is 5. The Morgan fingerprint density at radius 2 is 1.79 bits per heavy atom. The summed E-state index contributed by atoms with van der Waals surface area (Å²) >= 11 is 5.92. The van der Waals surface area contributed by atoms with Gasteiger partial charge in [0.1, 0.15) is 17.3 Å². The number of nitrogens with one attached hydrogen (secondary N) is 1. The molecule has 10 heteroatoms. The number of halogens is 2. The molecule has 0 aliphatic rings. The third kappa shape index (κ3) is 5.27. The Morgan fingerprint density at radius 3 is 2.44 bits per heavy atom. The smallest absolute Gasteiger partial charge is 0.240 e. The van der Waals surface area contributed by atoms with Gasteiger partial charge in [-0.25, -0.2) is 17.8 Å². The third-order valence-corrected chi connectivity index (χ3v) is 6.59. The molecule has 4 rings (SSSR count). The zero-order valence-corrected chi connectivity index (χ0v) is 19.5. The van der Waals surface area contributed by atoms with Crippen molar-refractivity contribution < 1.29 is 22.3 Å². The number of imidazole rings is 1. The Labute approximate surface area is 200 Å². The fraction of sp³-hybridized carbons (Fsp3) is 0.0833. The summed E-state index contributed by atoms with van der Waals surface area (Å²) in [5.74, 6) is -1.43. The quantitative estimate of drug-likeness (QED) is 0.396. The molecule has 0 fully saturated rings. The molecule has 0 aliphatic heterocycles. The predicted octanol–water partition coefficient (Wildman–Crippen LogP) is 4.75. The minimum Gasteiger partial charge on any atom is -0.497 e. The maximum Gasteiger partial charge on any atom is 0.240 e. The highest BCUT2D eigenvalue weighted by Gasteiger charge is 2.27. The van der Waals surface area contributed by atoms with Crippen LogP contribution in [0.1, 0.15) is 0 Å². The highest BCUT2D eigenvalue weighted by atomic mass is 35.5. The molecule has 0 atom stereocenters. The number of aromatic nitrogens is 2. The molecule has 0 unspecified atom stereocenters. The molecule has 174 valence electrons. The Morgan fingerprint density at radius 1 is 1.09 bits per heavy atom. The number of carbonyl (C=O) groups excluding carboxylic acids is 1. The molecule has 1 N–H and O–H groups in total. The van der Waals surface area contributed by atoms with Crippen LogP contribution in [0.15, 0.2) is 84.1 Å². The van der Waals surface area contributed by atoms with Crippen LogP contribution in [0.3, 0.4) is 0 Å². The molecule has 4 aromatic rings. The Hall–Kier alpha value is -3.69. The lowest BCUT2D eigenvalue weighted by molar-refractivity contribution is -0.113. The van der Waals surface area contributed by atoms with E-state index >= 15 is 0 Å². The number of anilines is 1. The van der Waals surface area contributed by atoms with Crippen LogP contribution < -0.4 is 10.1 Å². The van der Waals surface area contributed by atoms with Gasteiger partial charge in [0.15, 0.2) is 0 Å². The van der Waals surface area contributed by atoms with Gasteiger partial charge in [0.25, 0.3) is 0 Å². The van der Waals surface area contributed by atoms with E-state index in [1.807, 2.05) is 0 Å². The molecule has 1 aromatic heterocycles. The first-order chi connectivity index (χ1) is 16.2. The van der Waals surface area contributed by atoms with E-state index in [2.05, 4.69) is 10.3 Å². The van der Waals surface area contributed by atoms with E-state index in [9.17, 15) is 17.6 Å². The molecule has 1 amide bonds. The zero-order valence-electron chi connectivity index (χ0n) is 17.9. The number of benzene rings is 3. The number of hydrogen-bond donors (Lipinski definition) is 1. The molecule has 0 spiro atoms. The van der Waals surface area contributed by atoms with Crippen LogP contribution in [-0.4, -0.2) is 36.7 Å². The number of ether oxygens (including phenoxy) is 1. The lowest BCUT2D eigenvalue weighted by atomic mass is 10.1. The fourth-order valence-corrected chi connectivity index (χ4v) is 4.70. The average molecular weight is 500 g/mol. The van der Waals surface area contributed by atoms with Crippen LogP contribution in [0.2, 0.25) is 5.02 Å². The Kier molecular flexibility index (Phi) is 6.67. The predicted molar refractivity (Wildman–Crippen MR) is 128 cm³/mol. The monoisotopic (exact) mass is 499 g/mol. The summed E-state index contributed by atoms with van der Waals surface area (Å²) in [6.45, 7) is 0. The normalized spacial score (nSPS) is 11.3. The first-order valence-corrected chi connectivity index (χ1v) is 12.1. The van der Waals surface area contributed by atoms with Crippen molar-refractivity contribution in [2.24, 2.45) is 0 Å². The maximum atomic E-state index is 13.5. The van der Waals surface area contributed by atoms with Crippen molar-refractivity contribution in [1.82, 2.24) is 9.55 Å². The van der Waals surface area contributed by atoms with Crippen LogP contribution >= 0.6 is 11.6 Å². The van der Waals surface area contributed by atoms with Gasteiger partial charge in [-0.1, -0.05) is 17.7 Å². The van der Waals surface area contributed by atoms with E-state index in [-0.39, 0.29) is 5.16 Å². The second-order valence-corrected chi connectivity index (χ2v) is 9.62. The highest BCUT2D eigenvalue weighted by Crippen LogP contribution is 2.26. The average Bonchev–Trinajstić information content (AvgIpc) is 3.26. The summed E-state index contributed by atoms with van der Waals surface area (Å²) in [5.41, 5.74) is 1.75. The Balaban J connectivity index is 1.71. The summed E-state index contributed by atoms with van der Waals surface area (Å²) in [4.78, 5) is 16.8. The molecule has 3 aromatic carbocycles. The van der Waals surface area contributed by atoms with E-state index < -0.39 is 27.3 Å². The summed E-state index contributed by atoms with van der Waals surface area (Å²) < 4.78 is 46.4. The second-order valence-electron chi connectivity index (χ2n) is 7.30. The molecule has 0 bridgehead atoms. The number of nitrogens with zero attached hydrogens (tertiary/aromatic N) is 2. The first kappa shape index (κ1) is 23.5. The van der Waals surface area contributed by atoms with Crippen LogP contribution in [-0.2, 0) is 14.6 Å². The van der Waals surface area contributed by atoms with Gasteiger partial charge in [0.2, 0.25) is 20.9 Å². The topological polar surface area (TPSA) is 90.3 Å². The zero-order chi connectivity index (χ0) is 24.3. The van der Waals surface area contributed by atoms with E-state index in [4.69, 9.17) is 16.3 Å². The maximum absolute atomic E-state index is 13.5. The summed E-state index contributed by atoms with van der Waals surface area (Å²) in [6.07, 6.45) is 1.52. The molecular formula is C24H19ClFN3O4S. The lowest BCUT2D eigenvalue weighted by Crippen LogP contribution is -2.25. The van der Waals surface area contributed by atoms with Crippen molar-refractivity contribution in [1.29, 1.82) is 0 Å². The van der Waals surface area contributed by atoms with Crippen molar-refractivity contribution >= 4 is 33.0 Å². The molecule has 0 saturated heterocycles. The largest absolute Gasteiger partial charge is 0.497 e. The fourth-order valence-electron chi connectivity index (χ4n) is 3.27. The number of sulfone groups is 1. The summed E-state index contributed by atoms with van der Waals surface area (Å²) in [7, 11) is -2.65. The van der Waals surface area contributed by atoms with E-state index in [1.165, 1.54) is 48.2 Å². The molecule has 0 radical (unpaired) electrons. The standard InChI is InChI=1S/C24H19ClFN3O4S/c1-33-21-11-5-16(6-12-21)22-14-29(20-9-7-18(26)8-10-20)24(28-22)34(31,32)15-23(30)27-19-4-2-3-17(25)13-19/h2-14H,15H2,1H3,(H,27,30). The van der Waals surface area contributed by atoms with Gasteiger partial charge in [0.05, 0.1) is 12.8 Å². The van der Waals surface area contributed by atoms with Gasteiger partial charge < -0.3 is 10.1 Å². The van der Waals surface area contributed by atoms with Crippen molar-refractivity contribution in [3.63, 3.8) is 0 Å².